The van der Waals surface area contributed by atoms with Gasteiger partial charge in [0.15, 0.2) is 47.7 Å². The Hall–Kier alpha value is -2.81. The van der Waals surface area contributed by atoms with Crippen LogP contribution in [0.4, 0.5) is 20.4 Å². The Bertz CT molecular complexity index is 1710. The van der Waals surface area contributed by atoms with Gasteiger partial charge < -0.3 is 30.0 Å². The molecule has 3 saturated heterocycles. The highest BCUT2D eigenvalue weighted by Crippen LogP contribution is 2.58. The first-order valence-corrected chi connectivity index (χ1v) is 17.6. The van der Waals surface area contributed by atoms with Gasteiger partial charge in [-0.3, -0.25) is 22.7 Å². The third-order valence-corrected chi connectivity index (χ3v) is 10.2. The number of hydrogen-bond donors (Lipinski definition) is 3. The summed E-state index contributed by atoms with van der Waals surface area (Å²) in [6, 6.07) is 0. The van der Waals surface area contributed by atoms with Crippen molar-refractivity contribution in [2.24, 2.45) is 0 Å². The van der Waals surface area contributed by atoms with Crippen molar-refractivity contribution in [3.05, 3.63) is 25.3 Å². The molecule has 4 aromatic rings. The zero-order chi connectivity index (χ0) is 31.0. The van der Waals surface area contributed by atoms with Gasteiger partial charge in [-0.05, 0) is 0 Å². The van der Waals surface area contributed by atoms with Crippen LogP contribution in [-0.4, -0.2) is 96.6 Å². The van der Waals surface area contributed by atoms with E-state index in [0.29, 0.717) is 0 Å². The molecule has 7 rings (SSSR count). The Morgan fingerprint density at radius 2 is 1.27 bits per heavy atom. The molecule has 6 unspecified atom stereocenters. The van der Waals surface area contributed by atoms with Gasteiger partial charge in [-0.25, -0.2) is 43.2 Å². The van der Waals surface area contributed by atoms with Crippen molar-refractivity contribution in [2.75, 3.05) is 24.7 Å². The molecule has 0 amide bonds. The summed E-state index contributed by atoms with van der Waals surface area (Å²) in [6.45, 7) is -5.56. The van der Waals surface area contributed by atoms with E-state index in [0.717, 1.165) is 7.57 Å². The van der Waals surface area contributed by atoms with E-state index in [2.05, 4.69) is 42.2 Å². The Labute approximate surface area is 251 Å². The molecule has 7 heterocycles. The molecule has 0 bridgehead atoms. The van der Waals surface area contributed by atoms with Crippen molar-refractivity contribution >= 4 is 68.0 Å². The van der Waals surface area contributed by atoms with Crippen LogP contribution in [0.3, 0.4) is 0 Å². The van der Waals surface area contributed by atoms with Gasteiger partial charge in [0, 0.05) is 0 Å². The molecular weight excluding hydrogens is 651 g/mol. The van der Waals surface area contributed by atoms with E-state index in [1.165, 1.54) is 34.4 Å². The number of nitrogens with two attached hydrogens (primary N) is 2. The van der Waals surface area contributed by atoms with Crippen LogP contribution in [0.5, 0.6) is 0 Å². The van der Waals surface area contributed by atoms with Gasteiger partial charge in [-0.2, -0.15) is 0 Å². The van der Waals surface area contributed by atoms with Crippen LogP contribution in [0.25, 0.3) is 22.3 Å². The summed E-state index contributed by atoms with van der Waals surface area (Å²) >= 11 is 4.01. The van der Waals surface area contributed by atoms with Gasteiger partial charge in [-0.1, -0.05) is 12.2 Å². The molecule has 0 saturated carbocycles. The third-order valence-electron chi connectivity index (χ3n) is 7.30. The number of fused-ring (bicyclic) bond motifs is 4. The molecule has 4 N–H and O–H groups in total. The summed E-state index contributed by atoms with van der Waals surface area (Å²) in [5, 5.41) is 0. The standard InChI is InChI=1S/C20H23BF2N10O8P2S/c21-42(34)36-1-7-14(10(23)20(38-7)33-6-31-12-16(25)27-4-29-18(12)33)41-43(35,44)37-2-8-13(40-42)9(22)19(39-8)32-5-30-11-15(24)26-3-28-17(11)32/h3-10,13-14,19-20H,1-2,21H2,(H,35,44)(H2,24,26,28)(H2,25,27,29)/t7-,8-,9?,10?,13?,14?,19-,20-,42?,43?/m1/s1. The number of alkyl halides is 2. The fourth-order valence-corrected chi connectivity index (χ4v) is 7.94. The average molecular weight is 674 g/mol. The number of ether oxygens (including phenoxy) is 2. The Kier molecular flexibility index (Phi) is 7.42. The topological polar surface area (TPSA) is 229 Å². The van der Waals surface area contributed by atoms with Crippen LogP contribution in [0, 0.1) is 0 Å². The van der Waals surface area contributed by atoms with Crippen molar-refractivity contribution in [3.63, 3.8) is 0 Å². The summed E-state index contributed by atoms with van der Waals surface area (Å²) in [6.07, 6.45) is -7.72. The van der Waals surface area contributed by atoms with Gasteiger partial charge in [-0.15, -0.1) is 0 Å². The minimum absolute atomic E-state index is 0.0605. The minimum Gasteiger partial charge on any atom is -0.382 e. The van der Waals surface area contributed by atoms with E-state index < -0.39 is 76.7 Å². The molecule has 24 heteroatoms. The van der Waals surface area contributed by atoms with Crippen LogP contribution in [0.1, 0.15) is 12.5 Å². The molecule has 18 nitrogen and oxygen atoms in total. The van der Waals surface area contributed by atoms with Gasteiger partial charge >= 0.3 is 6.80 Å². The largest absolute Gasteiger partial charge is 0.386 e. The monoisotopic (exact) mass is 674 g/mol. The second-order valence-corrected chi connectivity index (χ2v) is 15.0. The Morgan fingerprint density at radius 3 is 1.80 bits per heavy atom. The maximum absolute atomic E-state index is 16.0. The van der Waals surface area contributed by atoms with Crippen molar-refractivity contribution in [1.82, 2.24) is 39.0 Å². The molecule has 0 aliphatic carbocycles. The van der Waals surface area contributed by atoms with Crippen LogP contribution in [0.2, 0.25) is 0 Å². The molecular formula is C20H23BF2N10O8P2S. The van der Waals surface area contributed by atoms with Crippen LogP contribution < -0.4 is 11.5 Å². The molecule has 0 aromatic carbocycles. The normalized spacial score (nSPS) is 38.2. The number of anilines is 2. The predicted octanol–water partition coefficient (Wildman–Crippen LogP) is 0.898. The lowest BCUT2D eigenvalue weighted by molar-refractivity contribution is -0.0546. The number of aromatic nitrogens is 8. The number of nitrogens with zero attached hydrogens (tertiary/aromatic N) is 8. The highest BCUT2D eigenvalue weighted by molar-refractivity contribution is 8.44. The molecule has 10 atom stereocenters. The number of imidazole rings is 2. The molecule has 44 heavy (non-hydrogen) atoms. The van der Waals surface area contributed by atoms with E-state index in [1.807, 2.05) is 0 Å². The van der Waals surface area contributed by atoms with E-state index in [4.69, 9.17) is 39.0 Å². The van der Waals surface area contributed by atoms with Crippen LogP contribution >= 0.6 is 26.5 Å². The number of thiol groups is 1. The summed E-state index contributed by atoms with van der Waals surface area (Å²) in [5.74, 6) is 0.123. The molecule has 3 aliphatic heterocycles. The summed E-state index contributed by atoms with van der Waals surface area (Å²) in [5.41, 5.74) is 12.4. The van der Waals surface area contributed by atoms with Gasteiger partial charge in [0.1, 0.15) is 48.1 Å². The summed E-state index contributed by atoms with van der Waals surface area (Å²) in [7, 11) is -2.97. The van der Waals surface area contributed by atoms with E-state index in [-0.39, 0.29) is 34.0 Å². The first kappa shape index (κ1) is 29.9. The molecule has 3 aliphatic rings. The van der Waals surface area contributed by atoms with Crippen molar-refractivity contribution in [1.29, 1.82) is 0 Å². The van der Waals surface area contributed by atoms with Crippen LogP contribution in [-0.2, 0) is 36.7 Å². The lowest BCUT2D eigenvalue weighted by atomic mass is 10.1. The maximum Gasteiger partial charge on any atom is 0.386 e. The van der Waals surface area contributed by atoms with E-state index >= 15 is 8.78 Å². The summed E-state index contributed by atoms with van der Waals surface area (Å²) in [4.78, 5) is 24.1. The number of hydrogen-bond acceptors (Lipinski definition) is 16. The van der Waals surface area contributed by atoms with Crippen LogP contribution in [0.15, 0.2) is 25.3 Å². The second kappa shape index (κ2) is 10.9. The van der Waals surface area contributed by atoms with Crippen molar-refractivity contribution < 1.29 is 45.5 Å². The Balaban J connectivity index is 1.17. The first-order valence-electron chi connectivity index (χ1n) is 12.9. The molecule has 3 fully saturated rings. The fraction of sp³-hybridized carbons (Fsp3) is 0.500. The van der Waals surface area contributed by atoms with Gasteiger partial charge in [0.2, 0.25) is 0 Å². The number of rotatable bonds is 2. The highest BCUT2D eigenvalue weighted by Gasteiger charge is 2.54. The first-order chi connectivity index (χ1) is 20.9. The number of halogens is 2. The van der Waals surface area contributed by atoms with Gasteiger partial charge in [0.05, 0.1) is 25.9 Å². The summed E-state index contributed by atoms with van der Waals surface area (Å²) < 4.78 is 95.1. The Morgan fingerprint density at radius 1 is 0.795 bits per heavy atom. The average Bonchev–Trinajstić information content (AvgIpc) is 3.73. The van der Waals surface area contributed by atoms with E-state index in [1.54, 1.807) is 0 Å². The SMILES string of the molecule is BP1(=O)OC[C@H]2O[C@@H](n3cnc4c(N)ncnc43)C(F)C2OP(=O)(S)OC[C@H]2O[C@@H](n3cnc4c(N)ncnc43)C(F)C2O1. The maximum atomic E-state index is 16.0. The van der Waals surface area contributed by atoms with Crippen molar-refractivity contribution in [3.8, 4) is 0 Å². The fourth-order valence-electron chi connectivity index (χ4n) is 5.28. The minimum atomic E-state index is -4.37. The van der Waals surface area contributed by atoms with Gasteiger partial charge in [0.25, 0.3) is 15.0 Å². The van der Waals surface area contributed by atoms with Crippen molar-refractivity contribution in [2.45, 2.75) is 49.2 Å². The third kappa shape index (κ3) is 5.17. The quantitative estimate of drug-likeness (QED) is 0.152. The highest BCUT2D eigenvalue weighted by atomic mass is 32.7. The molecule has 4 aromatic heterocycles. The zero-order valence-corrected chi connectivity index (χ0v) is 25.1. The molecule has 234 valence electrons. The lowest BCUT2D eigenvalue weighted by Gasteiger charge is -2.29. The zero-order valence-electron chi connectivity index (χ0n) is 22.4. The van der Waals surface area contributed by atoms with E-state index in [9.17, 15) is 9.13 Å². The molecule has 0 spiro atoms. The number of nitrogen functional groups attached to an aromatic ring is 2. The predicted molar refractivity (Wildman–Crippen MR) is 151 cm³/mol. The second-order valence-electron chi connectivity index (χ2n) is 10.2. The molecule has 0 radical (unpaired) electrons. The smallest absolute Gasteiger partial charge is 0.382 e. The lowest BCUT2D eigenvalue weighted by Crippen LogP contribution is -2.37.